The van der Waals surface area contributed by atoms with Crippen LogP contribution in [0.5, 0.6) is 5.75 Å². The molecule has 0 unspecified atom stereocenters. The van der Waals surface area contributed by atoms with E-state index in [-0.39, 0.29) is 24.2 Å². The number of thiocarbonyl (C=S) groups is 1. The highest BCUT2D eigenvalue weighted by molar-refractivity contribution is 9.10. The number of halogens is 1. The number of ether oxygens (including phenoxy) is 1. The first-order valence-electron chi connectivity index (χ1n) is 7.17. The summed E-state index contributed by atoms with van der Waals surface area (Å²) in [6.45, 7) is 1.74. The molecular formula is C17H17BrN2O3S. The predicted molar refractivity (Wildman–Crippen MR) is 101 cm³/mol. The van der Waals surface area contributed by atoms with Gasteiger partial charge < -0.3 is 15.2 Å². The number of rotatable bonds is 5. The van der Waals surface area contributed by atoms with Crippen molar-refractivity contribution in [2.45, 2.75) is 13.5 Å². The van der Waals surface area contributed by atoms with E-state index in [9.17, 15) is 4.79 Å². The van der Waals surface area contributed by atoms with Crippen LogP contribution in [0.4, 0.5) is 5.69 Å². The van der Waals surface area contributed by atoms with E-state index in [1.54, 1.807) is 30.3 Å². The fourth-order valence-electron chi connectivity index (χ4n) is 1.93. The molecule has 7 heteroatoms. The van der Waals surface area contributed by atoms with Gasteiger partial charge in [-0.2, -0.15) is 0 Å². The minimum atomic E-state index is -0.355. The average Bonchev–Trinajstić information content (AvgIpc) is 2.56. The number of anilines is 1. The molecule has 0 spiro atoms. The molecule has 0 aliphatic heterocycles. The lowest BCUT2D eigenvalue weighted by molar-refractivity contribution is -0.121. The minimum Gasteiger partial charge on any atom is -0.484 e. The lowest BCUT2D eigenvalue weighted by atomic mass is 10.2. The Morgan fingerprint density at radius 1 is 1.29 bits per heavy atom. The van der Waals surface area contributed by atoms with Gasteiger partial charge in [0.05, 0.1) is 6.61 Å². The number of carbonyl (C=O) groups excluding carboxylic acids is 1. The fraction of sp³-hybridized carbons (Fsp3) is 0.176. The summed E-state index contributed by atoms with van der Waals surface area (Å²) in [5.41, 5.74) is 2.47. The van der Waals surface area contributed by atoms with Crippen molar-refractivity contribution in [1.29, 1.82) is 0 Å². The molecule has 0 saturated carbocycles. The topological polar surface area (TPSA) is 70.6 Å². The Morgan fingerprint density at radius 3 is 2.79 bits per heavy atom. The molecule has 0 radical (unpaired) electrons. The summed E-state index contributed by atoms with van der Waals surface area (Å²) in [4.78, 5) is 11.9. The molecule has 0 saturated heterocycles. The number of hydrogen-bond acceptors (Lipinski definition) is 4. The van der Waals surface area contributed by atoms with E-state index in [1.165, 1.54) is 0 Å². The first-order chi connectivity index (χ1) is 11.5. The van der Waals surface area contributed by atoms with Crippen LogP contribution in [-0.4, -0.2) is 22.7 Å². The Morgan fingerprint density at radius 2 is 2.08 bits per heavy atom. The van der Waals surface area contributed by atoms with Crippen molar-refractivity contribution in [1.82, 2.24) is 5.32 Å². The fourth-order valence-corrected chi connectivity index (χ4v) is 2.41. The van der Waals surface area contributed by atoms with Crippen LogP contribution in [0.25, 0.3) is 0 Å². The predicted octanol–water partition coefficient (Wildman–Crippen LogP) is 3.14. The molecule has 2 aromatic rings. The number of nitrogens with one attached hydrogen (secondary N) is 2. The zero-order valence-electron chi connectivity index (χ0n) is 13.0. The maximum atomic E-state index is 11.9. The van der Waals surface area contributed by atoms with Gasteiger partial charge in [-0.3, -0.25) is 10.1 Å². The Balaban J connectivity index is 1.82. The van der Waals surface area contributed by atoms with Crippen molar-refractivity contribution in [3.63, 3.8) is 0 Å². The zero-order chi connectivity index (χ0) is 17.5. The summed E-state index contributed by atoms with van der Waals surface area (Å²) >= 11 is 8.50. The van der Waals surface area contributed by atoms with Crippen LogP contribution in [0, 0.1) is 6.92 Å². The van der Waals surface area contributed by atoms with Gasteiger partial charge in [0.25, 0.3) is 5.91 Å². The molecule has 0 aliphatic carbocycles. The molecule has 0 aliphatic rings. The van der Waals surface area contributed by atoms with Gasteiger partial charge >= 0.3 is 0 Å². The molecule has 2 rings (SSSR count). The van der Waals surface area contributed by atoms with Crippen molar-refractivity contribution in [3.05, 3.63) is 58.1 Å². The highest BCUT2D eigenvalue weighted by Crippen LogP contribution is 2.21. The lowest BCUT2D eigenvalue weighted by Crippen LogP contribution is -2.37. The van der Waals surface area contributed by atoms with Gasteiger partial charge in [-0.1, -0.05) is 28.1 Å². The second-order valence-corrected chi connectivity index (χ2v) is 6.32. The van der Waals surface area contributed by atoms with E-state index in [0.717, 1.165) is 15.6 Å². The van der Waals surface area contributed by atoms with Crippen molar-refractivity contribution in [2.24, 2.45) is 0 Å². The maximum Gasteiger partial charge on any atom is 0.264 e. The van der Waals surface area contributed by atoms with E-state index in [1.807, 2.05) is 19.1 Å². The Bertz CT molecular complexity index is 752. The monoisotopic (exact) mass is 408 g/mol. The Labute approximate surface area is 154 Å². The molecule has 0 aromatic heterocycles. The third kappa shape index (κ3) is 5.59. The van der Waals surface area contributed by atoms with Crippen LogP contribution in [0.2, 0.25) is 0 Å². The smallest absolute Gasteiger partial charge is 0.264 e. The molecule has 2 aromatic carbocycles. The summed E-state index contributed by atoms with van der Waals surface area (Å²) in [7, 11) is 0. The quantitative estimate of drug-likeness (QED) is 0.662. The van der Waals surface area contributed by atoms with Crippen LogP contribution in [0.15, 0.2) is 46.9 Å². The van der Waals surface area contributed by atoms with Crippen molar-refractivity contribution in [2.75, 3.05) is 11.9 Å². The SMILES string of the molecule is Cc1cc(OCC(=O)NC(=S)Nc2cccc(CO)c2)ccc1Br. The van der Waals surface area contributed by atoms with Gasteiger partial charge in [-0.05, 0) is 60.6 Å². The molecule has 1 amide bonds. The molecular weight excluding hydrogens is 392 g/mol. The van der Waals surface area contributed by atoms with Crippen LogP contribution in [0.3, 0.4) is 0 Å². The van der Waals surface area contributed by atoms with Crippen LogP contribution in [-0.2, 0) is 11.4 Å². The molecule has 24 heavy (non-hydrogen) atoms. The van der Waals surface area contributed by atoms with E-state index in [4.69, 9.17) is 22.1 Å². The van der Waals surface area contributed by atoms with Crippen LogP contribution >= 0.6 is 28.1 Å². The number of aliphatic hydroxyl groups is 1. The van der Waals surface area contributed by atoms with Gasteiger partial charge in [-0.25, -0.2) is 0 Å². The number of amides is 1. The summed E-state index contributed by atoms with van der Waals surface area (Å²) in [5, 5.41) is 14.7. The van der Waals surface area contributed by atoms with E-state index >= 15 is 0 Å². The van der Waals surface area contributed by atoms with Gasteiger partial charge in [0, 0.05) is 10.2 Å². The molecule has 126 valence electrons. The lowest BCUT2D eigenvalue weighted by Gasteiger charge is -2.11. The largest absolute Gasteiger partial charge is 0.484 e. The standard InChI is InChI=1S/C17H17BrN2O3S/c1-11-7-14(5-6-15(11)18)23-10-16(22)20-17(24)19-13-4-2-3-12(8-13)9-21/h2-8,21H,9-10H2,1H3,(H2,19,20,22,24). The van der Waals surface area contributed by atoms with Gasteiger partial charge in [0.2, 0.25) is 0 Å². The average molecular weight is 409 g/mol. The number of aliphatic hydroxyl groups excluding tert-OH is 1. The molecule has 0 heterocycles. The first-order valence-corrected chi connectivity index (χ1v) is 8.37. The molecule has 0 atom stereocenters. The number of benzene rings is 2. The summed E-state index contributed by atoms with van der Waals surface area (Å²) in [5.74, 6) is 0.256. The Kier molecular flexibility index (Phi) is 6.72. The Hall–Kier alpha value is -1.96. The third-order valence-corrected chi connectivity index (χ3v) is 4.21. The van der Waals surface area contributed by atoms with Crippen LogP contribution in [0.1, 0.15) is 11.1 Å². The van der Waals surface area contributed by atoms with Gasteiger partial charge in [-0.15, -0.1) is 0 Å². The molecule has 3 N–H and O–H groups in total. The molecule has 5 nitrogen and oxygen atoms in total. The number of hydrogen-bond donors (Lipinski definition) is 3. The normalized spacial score (nSPS) is 10.1. The summed E-state index contributed by atoms with van der Waals surface area (Å²) in [6.07, 6.45) is 0. The van der Waals surface area contributed by atoms with Gasteiger partial charge in [0.15, 0.2) is 11.7 Å². The van der Waals surface area contributed by atoms with Gasteiger partial charge in [0.1, 0.15) is 5.75 Å². The number of aryl methyl sites for hydroxylation is 1. The molecule has 0 fully saturated rings. The summed E-state index contributed by atoms with van der Waals surface area (Å²) < 4.78 is 6.42. The van der Waals surface area contributed by atoms with E-state index in [0.29, 0.717) is 11.4 Å². The zero-order valence-corrected chi connectivity index (χ0v) is 15.4. The highest BCUT2D eigenvalue weighted by Gasteiger charge is 2.07. The second kappa shape index (κ2) is 8.77. The van der Waals surface area contributed by atoms with Crippen molar-refractivity contribution < 1.29 is 14.6 Å². The van der Waals surface area contributed by atoms with E-state index < -0.39 is 0 Å². The third-order valence-electron chi connectivity index (χ3n) is 3.12. The summed E-state index contributed by atoms with van der Waals surface area (Å²) in [6, 6.07) is 12.6. The number of carbonyl (C=O) groups is 1. The highest BCUT2D eigenvalue weighted by atomic mass is 79.9. The maximum absolute atomic E-state index is 11.9. The van der Waals surface area contributed by atoms with E-state index in [2.05, 4.69) is 26.6 Å². The molecule has 0 bridgehead atoms. The second-order valence-electron chi connectivity index (χ2n) is 5.06. The van der Waals surface area contributed by atoms with Crippen molar-refractivity contribution in [3.8, 4) is 5.75 Å². The van der Waals surface area contributed by atoms with Crippen molar-refractivity contribution >= 4 is 44.9 Å². The first kappa shape index (κ1) is 18.4. The van der Waals surface area contributed by atoms with Crippen LogP contribution < -0.4 is 15.4 Å². The minimum absolute atomic E-state index is 0.0604.